The molecule has 0 saturated carbocycles. The second-order valence-electron chi connectivity index (χ2n) is 6.56. The minimum atomic E-state index is -5.08. The van der Waals surface area contributed by atoms with Gasteiger partial charge in [-0.2, -0.15) is 13.2 Å². The van der Waals surface area contributed by atoms with Crippen molar-refractivity contribution in [3.05, 3.63) is 58.4 Å². The van der Waals surface area contributed by atoms with E-state index >= 15 is 0 Å². The van der Waals surface area contributed by atoms with E-state index in [1.807, 2.05) is 18.2 Å². The van der Waals surface area contributed by atoms with E-state index in [2.05, 4.69) is 0 Å². The SMILES string of the molecule is COc1cc(-c2ccccc2Cl)cc(S(=O)(=O)c2cc(C(=N)N)sc2SC)c1.O=C(O)C(F)(F)F. The van der Waals surface area contributed by atoms with Crippen LogP contribution in [-0.4, -0.2) is 44.9 Å². The Hall–Kier alpha value is -2.74. The van der Waals surface area contributed by atoms with Gasteiger partial charge in [0.25, 0.3) is 0 Å². The number of aliphatic carboxylic acids is 1. The molecule has 188 valence electrons. The molecule has 0 atom stereocenters. The number of sulfone groups is 1. The molecule has 0 aliphatic carbocycles. The van der Waals surface area contributed by atoms with Crippen LogP contribution in [0.15, 0.2) is 62.5 Å². The molecule has 4 N–H and O–H groups in total. The van der Waals surface area contributed by atoms with Crippen LogP contribution >= 0.6 is 34.7 Å². The Kier molecular flexibility index (Phi) is 9.23. The van der Waals surface area contributed by atoms with Gasteiger partial charge in [0.05, 0.1) is 26.0 Å². The van der Waals surface area contributed by atoms with Gasteiger partial charge in [-0.3, -0.25) is 5.41 Å². The number of methoxy groups -OCH3 is 1. The quantitative estimate of drug-likeness (QED) is 0.202. The average Bonchev–Trinajstić information content (AvgIpc) is 3.25. The van der Waals surface area contributed by atoms with Crippen LogP contribution in [0, 0.1) is 5.41 Å². The molecular weight excluding hydrogens is 549 g/mol. The molecule has 0 aliphatic heterocycles. The highest BCUT2D eigenvalue weighted by Gasteiger charge is 2.38. The van der Waals surface area contributed by atoms with E-state index in [1.54, 1.807) is 24.5 Å². The van der Waals surface area contributed by atoms with E-state index in [1.165, 1.54) is 42.3 Å². The number of hydrogen-bond donors (Lipinski definition) is 3. The number of thiophene rings is 1. The first-order valence-electron chi connectivity index (χ1n) is 9.23. The first kappa shape index (κ1) is 28.5. The van der Waals surface area contributed by atoms with Crippen LogP contribution in [0.25, 0.3) is 11.1 Å². The van der Waals surface area contributed by atoms with Gasteiger partial charge in [-0.1, -0.05) is 29.8 Å². The van der Waals surface area contributed by atoms with Gasteiger partial charge in [0.15, 0.2) is 0 Å². The van der Waals surface area contributed by atoms with E-state index in [0.29, 0.717) is 31.0 Å². The number of thioether (sulfide) groups is 1. The Balaban J connectivity index is 0.000000540. The number of benzene rings is 2. The zero-order chi connectivity index (χ0) is 26.6. The predicted octanol–water partition coefficient (Wildman–Crippen LogP) is 5.55. The molecule has 0 spiro atoms. The van der Waals surface area contributed by atoms with Gasteiger partial charge in [0.2, 0.25) is 9.84 Å². The van der Waals surface area contributed by atoms with Crippen LogP contribution in [0.1, 0.15) is 4.88 Å². The maximum atomic E-state index is 13.4. The second-order valence-corrected chi connectivity index (χ2v) is 11.0. The lowest BCUT2D eigenvalue weighted by molar-refractivity contribution is -0.192. The Morgan fingerprint density at radius 3 is 2.29 bits per heavy atom. The van der Waals surface area contributed by atoms with Crippen LogP contribution < -0.4 is 10.5 Å². The summed E-state index contributed by atoms with van der Waals surface area (Å²) in [4.78, 5) is 9.53. The molecule has 0 fully saturated rings. The van der Waals surface area contributed by atoms with E-state index in [4.69, 9.17) is 37.4 Å². The van der Waals surface area contributed by atoms with Crippen molar-refractivity contribution in [3.63, 3.8) is 0 Å². The number of carboxylic acids is 1. The van der Waals surface area contributed by atoms with Crippen LogP contribution in [-0.2, 0) is 14.6 Å². The van der Waals surface area contributed by atoms with Crippen LogP contribution in [0.2, 0.25) is 5.02 Å². The van der Waals surface area contributed by atoms with Crippen molar-refractivity contribution in [2.45, 2.75) is 20.2 Å². The maximum absolute atomic E-state index is 13.4. The maximum Gasteiger partial charge on any atom is 0.490 e. The molecule has 1 heterocycles. The molecule has 1 aromatic heterocycles. The van der Waals surface area contributed by atoms with Crippen molar-refractivity contribution in [2.75, 3.05) is 13.4 Å². The third-order valence-corrected chi connectivity index (χ3v) is 8.91. The summed E-state index contributed by atoms with van der Waals surface area (Å²) in [6.45, 7) is 0. The number of hydrogen-bond acceptors (Lipinski definition) is 7. The fraction of sp³-hybridized carbons (Fsp3) is 0.143. The third kappa shape index (κ3) is 6.90. The molecule has 0 bridgehead atoms. The van der Waals surface area contributed by atoms with Gasteiger partial charge in [0, 0.05) is 10.6 Å². The number of halogens is 4. The van der Waals surface area contributed by atoms with Crippen molar-refractivity contribution >= 4 is 56.3 Å². The van der Waals surface area contributed by atoms with Gasteiger partial charge in [-0.15, -0.1) is 23.1 Å². The van der Waals surface area contributed by atoms with E-state index < -0.39 is 22.0 Å². The highest BCUT2D eigenvalue weighted by atomic mass is 35.5. The summed E-state index contributed by atoms with van der Waals surface area (Å²) in [6.07, 6.45) is -3.30. The summed E-state index contributed by atoms with van der Waals surface area (Å²) >= 11 is 8.78. The van der Waals surface area contributed by atoms with E-state index in [0.717, 1.165) is 0 Å². The molecule has 3 aromatic rings. The van der Waals surface area contributed by atoms with Crippen LogP contribution in [0.4, 0.5) is 13.2 Å². The monoisotopic (exact) mass is 566 g/mol. The molecule has 0 unspecified atom stereocenters. The zero-order valence-corrected chi connectivity index (χ0v) is 21.2. The number of alkyl halides is 3. The third-order valence-electron chi connectivity index (χ3n) is 4.26. The van der Waals surface area contributed by atoms with Crippen molar-refractivity contribution < 1.29 is 36.2 Å². The minimum absolute atomic E-state index is 0.0879. The molecule has 2 aromatic carbocycles. The number of nitrogens with two attached hydrogens (primary N) is 1. The second kappa shape index (κ2) is 11.3. The fourth-order valence-corrected chi connectivity index (χ4v) is 6.80. The van der Waals surface area contributed by atoms with Crippen LogP contribution in [0.3, 0.4) is 0 Å². The molecule has 14 heteroatoms. The van der Waals surface area contributed by atoms with E-state index in [-0.39, 0.29) is 15.6 Å². The normalized spacial score (nSPS) is 11.4. The van der Waals surface area contributed by atoms with Gasteiger partial charge < -0.3 is 15.6 Å². The fourth-order valence-electron chi connectivity index (χ4n) is 2.64. The predicted molar refractivity (Wildman–Crippen MR) is 130 cm³/mol. The lowest BCUT2D eigenvalue weighted by atomic mass is 10.1. The average molecular weight is 567 g/mol. The minimum Gasteiger partial charge on any atom is -0.497 e. The van der Waals surface area contributed by atoms with Crippen molar-refractivity contribution in [3.8, 4) is 16.9 Å². The Bertz CT molecular complexity index is 1360. The smallest absolute Gasteiger partial charge is 0.490 e. The molecule has 3 rings (SSSR count). The number of carboxylic acid groups (broad SMARTS) is 1. The molecule has 0 saturated heterocycles. The van der Waals surface area contributed by atoms with Gasteiger partial charge in [-0.05, 0) is 42.2 Å². The van der Waals surface area contributed by atoms with Crippen molar-refractivity contribution in [1.29, 1.82) is 5.41 Å². The first-order valence-corrected chi connectivity index (χ1v) is 13.1. The summed E-state index contributed by atoms with van der Waals surface area (Å²) in [7, 11) is -2.38. The molecule has 0 radical (unpaired) electrons. The summed E-state index contributed by atoms with van der Waals surface area (Å²) in [5.74, 6) is -2.51. The van der Waals surface area contributed by atoms with Gasteiger partial charge in [-0.25, -0.2) is 13.2 Å². The number of amidine groups is 1. The highest BCUT2D eigenvalue weighted by molar-refractivity contribution is 8.01. The molecule has 0 amide bonds. The lowest BCUT2D eigenvalue weighted by Crippen LogP contribution is -2.21. The number of nitrogens with one attached hydrogen (secondary N) is 1. The number of ether oxygens (including phenoxy) is 1. The Morgan fingerprint density at radius 2 is 1.80 bits per heavy atom. The largest absolute Gasteiger partial charge is 0.497 e. The molecule has 35 heavy (non-hydrogen) atoms. The Morgan fingerprint density at radius 1 is 1.20 bits per heavy atom. The summed E-state index contributed by atoms with van der Waals surface area (Å²) in [5.41, 5.74) is 6.89. The van der Waals surface area contributed by atoms with E-state index in [9.17, 15) is 21.6 Å². The zero-order valence-electron chi connectivity index (χ0n) is 18.0. The summed E-state index contributed by atoms with van der Waals surface area (Å²) in [5, 5.41) is 15.3. The lowest BCUT2D eigenvalue weighted by Gasteiger charge is -2.11. The highest BCUT2D eigenvalue weighted by Crippen LogP contribution is 2.39. The standard InChI is InChI=1S/C19H17ClN2O3S3.C2HF3O2/c1-25-12-7-11(14-5-3-4-6-15(14)20)8-13(9-12)28(23,24)17-10-16(18(21)22)27-19(17)26-2;3-2(4,5)1(6)7/h3-10H,1-2H3,(H3,21,22);(H,6,7). The molecule has 7 nitrogen and oxygen atoms in total. The first-order chi connectivity index (χ1) is 16.2. The molecular formula is C21H18ClF3N2O5S3. The molecule has 0 aliphatic rings. The number of rotatable bonds is 6. The number of carbonyl (C=O) groups is 1. The topological polar surface area (TPSA) is 131 Å². The summed E-state index contributed by atoms with van der Waals surface area (Å²) in [6, 6.07) is 13.4. The van der Waals surface area contributed by atoms with Gasteiger partial charge >= 0.3 is 12.1 Å². The van der Waals surface area contributed by atoms with Gasteiger partial charge in [0.1, 0.15) is 11.6 Å². The Labute approximate surface area is 212 Å². The van der Waals surface area contributed by atoms with Crippen molar-refractivity contribution in [2.24, 2.45) is 5.73 Å². The van der Waals surface area contributed by atoms with Crippen LogP contribution in [0.5, 0.6) is 5.75 Å². The van der Waals surface area contributed by atoms with Crippen molar-refractivity contribution in [1.82, 2.24) is 0 Å². The number of nitrogen functional groups attached to an aromatic ring is 1. The summed E-state index contributed by atoms with van der Waals surface area (Å²) < 4.78 is 64.4.